The fourth-order valence-electron chi connectivity index (χ4n) is 2.54. The van der Waals surface area contributed by atoms with Gasteiger partial charge in [0.2, 0.25) is 5.91 Å². The van der Waals surface area contributed by atoms with Gasteiger partial charge in [-0.1, -0.05) is 29.8 Å². The Kier molecular flexibility index (Phi) is 5.42. The molecule has 0 saturated carbocycles. The molecular formula is C20H19BrN2O3. The van der Waals surface area contributed by atoms with Gasteiger partial charge in [-0.05, 0) is 54.4 Å². The van der Waals surface area contributed by atoms with E-state index in [0.29, 0.717) is 29.3 Å². The molecule has 0 saturated heterocycles. The molecule has 0 spiro atoms. The number of halogens is 1. The predicted octanol–water partition coefficient (Wildman–Crippen LogP) is 5.43. The maximum atomic E-state index is 12.4. The van der Waals surface area contributed by atoms with Crippen LogP contribution in [0, 0.1) is 5.92 Å². The van der Waals surface area contributed by atoms with Crippen molar-refractivity contribution in [1.29, 1.82) is 0 Å². The van der Waals surface area contributed by atoms with E-state index in [1.54, 1.807) is 30.3 Å². The molecular weight excluding hydrogens is 396 g/mol. The molecule has 5 nitrogen and oxygen atoms in total. The third-order valence-electron chi connectivity index (χ3n) is 3.72. The van der Waals surface area contributed by atoms with E-state index in [-0.39, 0.29) is 17.6 Å². The molecule has 26 heavy (non-hydrogen) atoms. The third kappa shape index (κ3) is 4.52. The standard InChI is InChI=1S/C20H19BrN2O3/c1-12(2)9-19(24)22-15-4-6-16(7-5-15)23-20(25)18-11-13-10-14(21)3-8-17(13)26-18/h3-8,10-12H,9H2,1-2H3,(H,22,24)(H,23,25). The van der Waals surface area contributed by atoms with E-state index < -0.39 is 0 Å². The maximum Gasteiger partial charge on any atom is 0.291 e. The Labute approximate surface area is 159 Å². The Hall–Kier alpha value is -2.60. The van der Waals surface area contributed by atoms with Crippen molar-refractivity contribution in [1.82, 2.24) is 0 Å². The highest BCUT2D eigenvalue weighted by molar-refractivity contribution is 9.10. The number of amides is 2. The number of fused-ring (bicyclic) bond motifs is 1. The number of carbonyl (C=O) groups is 2. The molecule has 3 aromatic rings. The molecule has 0 radical (unpaired) electrons. The van der Waals surface area contributed by atoms with Crippen LogP contribution in [0.15, 0.2) is 57.4 Å². The second kappa shape index (κ2) is 7.74. The molecule has 6 heteroatoms. The van der Waals surface area contributed by atoms with Gasteiger partial charge in [0, 0.05) is 27.7 Å². The molecule has 1 heterocycles. The summed E-state index contributed by atoms with van der Waals surface area (Å²) in [5.74, 6) is 0.199. The van der Waals surface area contributed by atoms with Crippen molar-refractivity contribution in [3.05, 3.63) is 58.8 Å². The number of nitrogens with one attached hydrogen (secondary N) is 2. The van der Waals surface area contributed by atoms with Crippen LogP contribution in [0.3, 0.4) is 0 Å². The summed E-state index contributed by atoms with van der Waals surface area (Å²) in [7, 11) is 0. The van der Waals surface area contributed by atoms with Crippen molar-refractivity contribution >= 4 is 50.1 Å². The molecule has 0 bridgehead atoms. The van der Waals surface area contributed by atoms with Gasteiger partial charge in [0.1, 0.15) is 5.58 Å². The zero-order valence-corrected chi connectivity index (χ0v) is 16.1. The molecule has 0 aliphatic rings. The highest BCUT2D eigenvalue weighted by atomic mass is 79.9. The molecule has 0 aliphatic carbocycles. The first-order chi connectivity index (χ1) is 12.4. The molecule has 0 fully saturated rings. The Morgan fingerprint density at radius 2 is 1.65 bits per heavy atom. The summed E-state index contributed by atoms with van der Waals surface area (Å²) in [6.45, 7) is 3.99. The van der Waals surface area contributed by atoms with Crippen LogP contribution in [0.1, 0.15) is 30.8 Å². The summed E-state index contributed by atoms with van der Waals surface area (Å²) in [5, 5.41) is 6.48. The predicted molar refractivity (Wildman–Crippen MR) is 106 cm³/mol. The lowest BCUT2D eigenvalue weighted by Crippen LogP contribution is -2.14. The Bertz CT molecular complexity index is 945. The molecule has 2 N–H and O–H groups in total. The van der Waals surface area contributed by atoms with E-state index in [1.807, 2.05) is 32.0 Å². The van der Waals surface area contributed by atoms with Gasteiger partial charge < -0.3 is 15.1 Å². The average molecular weight is 415 g/mol. The maximum absolute atomic E-state index is 12.4. The van der Waals surface area contributed by atoms with E-state index in [4.69, 9.17) is 4.42 Å². The summed E-state index contributed by atoms with van der Waals surface area (Å²) in [5.41, 5.74) is 1.97. The summed E-state index contributed by atoms with van der Waals surface area (Å²) < 4.78 is 6.50. The third-order valence-corrected chi connectivity index (χ3v) is 4.22. The lowest BCUT2D eigenvalue weighted by molar-refractivity contribution is -0.116. The van der Waals surface area contributed by atoms with Gasteiger partial charge in [-0.3, -0.25) is 9.59 Å². The largest absolute Gasteiger partial charge is 0.451 e. The van der Waals surface area contributed by atoms with Gasteiger partial charge in [-0.15, -0.1) is 0 Å². The van der Waals surface area contributed by atoms with Gasteiger partial charge in [0.15, 0.2) is 5.76 Å². The molecule has 3 rings (SSSR count). The van der Waals surface area contributed by atoms with Crippen LogP contribution >= 0.6 is 15.9 Å². The second-order valence-corrected chi connectivity index (χ2v) is 7.39. The van der Waals surface area contributed by atoms with Crippen molar-refractivity contribution in [2.24, 2.45) is 5.92 Å². The van der Waals surface area contributed by atoms with Crippen LogP contribution in [0.5, 0.6) is 0 Å². The number of anilines is 2. The molecule has 2 aromatic carbocycles. The number of carbonyl (C=O) groups excluding carboxylic acids is 2. The number of rotatable bonds is 5. The van der Waals surface area contributed by atoms with E-state index in [1.165, 1.54) is 0 Å². The van der Waals surface area contributed by atoms with Crippen LogP contribution in [-0.4, -0.2) is 11.8 Å². The molecule has 134 valence electrons. The highest BCUT2D eigenvalue weighted by Gasteiger charge is 2.13. The first-order valence-electron chi connectivity index (χ1n) is 8.31. The van der Waals surface area contributed by atoms with Gasteiger partial charge in [-0.25, -0.2) is 0 Å². The summed E-state index contributed by atoms with van der Waals surface area (Å²) in [4.78, 5) is 24.1. The first-order valence-corrected chi connectivity index (χ1v) is 9.10. The topological polar surface area (TPSA) is 71.3 Å². The van der Waals surface area contributed by atoms with Gasteiger partial charge in [0.25, 0.3) is 5.91 Å². The van der Waals surface area contributed by atoms with Crippen LogP contribution in [0.2, 0.25) is 0 Å². The lowest BCUT2D eigenvalue weighted by atomic mass is 10.1. The van der Waals surface area contributed by atoms with Gasteiger partial charge >= 0.3 is 0 Å². The second-order valence-electron chi connectivity index (χ2n) is 6.47. The van der Waals surface area contributed by atoms with E-state index >= 15 is 0 Å². The minimum Gasteiger partial charge on any atom is -0.451 e. The summed E-state index contributed by atoms with van der Waals surface area (Å²) in [6, 6.07) is 14.3. The Balaban J connectivity index is 1.66. The molecule has 0 unspecified atom stereocenters. The zero-order chi connectivity index (χ0) is 18.7. The highest BCUT2D eigenvalue weighted by Crippen LogP contribution is 2.24. The smallest absolute Gasteiger partial charge is 0.291 e. The first kappa shape index (κ1) is 18.2. The number of hydrogen-bond donors (Lipinski definition) is 2. The van der Waals surface area contributed by atoms with Gasteiger partial charge in [-0.2, -0.15) is 0 Å². The van der Waals surface area contributed by atoms with Crippen molar-refractivity contribution in [3.63, 3.8) is 0 Å². The Morgan fingerprint density at radius 3 is 2.31 bits per heavy atom. The summed E-state index contributed by atoms with van der Waals surface area (Å²) >= 11 is 3.40. The fourth-order valence-corrected chi connectivity index (χ4v) is 2.92. The van der Waals surface area contributed by atoms with E-state index in [0.717, 1.165) is 9.86 Å². The fraction of sp³-hybridized carbons (Fsp3) is 0.200. The summed E-state index contributed by atoms with van der Waals surface area (Å²) in [6.07, 6.45) is 0.473. The van der Waals surface area contributed by atoms with Crippen LogP contribution in [0.25, 0.3) is 11.0 Å². The Morgan fingerprint density at radius 1 is 1.00 bits per heavy atom. The average Bonchev–Trinajstić information content (AvgIpc) is 2.99. The zero-order valence-electron chi connectivity index (χ0n) is 14.5. The van der Waals surface area contributed by atoms with Crippen molar-refractivity contribution in [3.8, 4) is 0 Å². The normalized spacial score (nSPS) is 10.9. The minimum atomic E-state index is -0.325. The minimum absolute atomic E-state index is 0.0229. The van der Waals surface area contributed by atoms with Crippen LogP contribution in [0.4, 0.5) is 11.4 Å². The molecule has 0 atom stereocenters. The van der Waals surface area contributed by atoms with Crippen LogP contribution < -0.4 is 10.6 Å². The van der Waals surface area contributed by atoms with Crippen molar-refractivity contribution < 1.29 is 14.0 Å². The SMILES string of the molecule is CC(C)CC(=O)Nc1ccc(NC(=O)c2cc3cc(Br)ccc3o2)cc1. The molecule has 0 aliphatic heterocycles. The number of hydrogen-bond acceptors (Lipinski definition) is 3. The number of furan rings is 1. The van der Waals surface area contributed by atoms with E-state index in [9.17, 15) is 9.59 Å². The van der Waals surface area contributed by atoms with Crippen LogP contribution in [-0.2, 0) is 4.79 Å². The van der Waals surface area contributed by atoms with Gasteiger partial charge in [0.05, 0.1) is 0 Å². The van der Waals surface area contributed by atoms with E-state index in [2.05, 4.69) is 26.6 Å². The molecule has 2 amide bonds. The van der Waals surface area contributed by atoms with Crippen molar-refractivity contribution in [2.75, 3.05) is 10.6 Å². The monoisotopic (exact) mass is 414 g/mol. The van der Waals surface area contributed by atoms with Crippen molar-refractivity contribution in [2.45, 2.75) is 20.3 Å². The quantitative estimate of drug-likeness (QED) is 0.584. The molecule has 1 aromatic heterocycles. The lowest BCUT2D eigenvalue weighted by Gasteiger charge is -2.08. The number of benzene rings is 2.